The first kappa shape index (κ1) is 13.7. The van der Waals surface area contributed by atoms with E-state index in [0.717, 1.165) is 19.4 Å². The van der Waals surface area contributed by atoms with E-state index in [-0.39, 0.29) is 12.6 Å². The molecule has 0 saturated heterocycles. The first-order chi connectivity index (χ1) is 9.38. The summed E-state index contributed by atoms with van der Waals surface area (Å²) in [5.74, 6) is 0. The van der Waals surface area contributed by atoms with Crippen LogP contribution in [0.2, 0.25) is 0 Å². The Balaban J connectivity index is 1.77. The molecule has 0 aliphatic rings. The summed E-state index contributed by atoms with van der Waals surface area (Å²) < 4.78 is 0. The molecule has 3 nitrogen and oxygen atoms in total. The molecule has 1 unspecified atom stereocenters. The molecule has 0 spiro atoms. The van der Waals surface area contributed by atoms with Gasteiger partial charge in [0.25, 0.3) is 0 Å². The highest BCUT2D eigenvalue weighted by atomic mass is 16.3. The Bertz CT molecular complexity index is 459. The van der Waals surface area contributed by atoms with Crippen molar-refractivity contribution in [3.63, 3.8) is 0 Å². The number of nitrogens with zero attached hydrogens (tertiary/aromatic N) is 1. The van der Waals surface area contributed by atoms with Gasteiger partial charge in [0.15, 0.2) is 0 Å². The molecule has 1 heterocycles. The second kappa shape index (κ2) is 7.67. The van der Waals surface area contributed by atoms with Crippen LogP contribution < -0.4 is 5.32 Å². The summed E-state index contributed by atoms with van der Waals surface area (Å²) in [6.07, 6.45) is 5.42. The minimum atomic E-state index is 0.115. The highest BCUT2D eigenvalue weighted by molar-refractivity contribution is 5.16. The number of aliphatic hydroxyl groups is 1. The third kappa shape index (κ3) is 4.81. The molecule has 2 rings (SSSR count). The van der Waals surface area contributed by atoms with Crippen LogP contribution in [-0.2, 0) is 12.8 Å². The minimum absolute atomic E-state index is 0.115. The van der Waals surface area contributed by atoms with Crippen molar-refractivity contribution in [2.75, 3.05) is 13.2 Å². The molecule has 3 heteroatoms. The number of benzene rings is 1. The van der Waals surface area contributed by atoms with Gasteiger partial charge in [-0.05, 0) is 42.6 Å². The quantitative estimate of drug-likeness (QED) is 0.794. The number of pyridine rings is 1. The molecule has 2 N–H and O–H groups in total. The lowest BCUT2D eigenvalue weighted by molar-refractivity contribution is 0.242. The Kier molecular flexibility index (Phi) is 5.53. The molecule has 0 radical (unpaired) electrons. The van der Waals surface area contributed by atoms with E-state index in [4.69, 9.17) is 0 Å². The normalized spacial score (nSPS) is 12.3. The fraction of sp³-hybridized carbons (Fsp3) is 0.312. The second-order valence-corrected chi connectivity index (χ2v) is 4.63. The molecule has 0 amide bonds. The largest absolute Gasteiger partial charge is 0.395 e. The Labute approximate surface area is 114 Å². The molecule has 2 aromatic rings. The molecule has 0 aliphatic heterocycles. The summed E-state index contributed by atoms with van der Waals surface area (Å²) in [5.41, 5.74) is 2.51. The van der Waals surface area contributed by atoms with Crippen molar-refractivity contribution in [3.8, 4) is 0 Å². The summed E-state index contributed by atoms with van der Waals surface area (Å²) in [5, 5.41) is 12.8. The van der Waals surface area contributed by atoms with Gasteiger partial charge in [-0.3, -0.25) is 4.98 Å². The molecule has 0 aliphatic carbocycles. The van der Waals surface area contributed by atoms with Crippen molar-refractivity contribution in [2.24, 2.45) is 0 Å². The zero-order valence-electron chi connectivity index (χ0n) is 11.0. The fourth-order valence-electron chi connectivity index (χ4n) is 2.07. The first-order valence-corrected chi connectivity index (χ1v) is 6.65. The maximum absolute atomic E-state index is 9.41. The van der Waals surface area contributed by atoms with E-state index >= 15 is 0 Å². The number of hydrogen-bond donors (Lipinski definition) is 2. The molecule has 1 aromatic heterocycles. The molecule has 1 aromatic carbocycles. The van der Waals surface area contributed by atoms with Crippen molar-refractivity contribution in [3.05, 3.63) is 66.0 Å². The average molecular weight is 256 g/mol. The second-order valence-electron chi connectivity index (χ2n) is 4.63. The molecule has 100 valence electrons. The lowest BCUT2D eigenvalue weighted by Crippen LogP contribution is -2.35. The summed E-state index contributed by atoms with van der Waals surface area (Å²) >= 11 is 0. The van der Waals surface area contributed by atoms with E-state index in [2.05, 4.69) is 22.4 Å². The van der Waals surface area contributed by atoms with Gasteiger partial charge in [0.1, 0.15) is 0 Å². The summed E-state index contributed by atoms with van der Waals surface area (Å²) in [7, 11) is 0. The maximum atomic E-state index is 9.41. The van der Waals surface area contributed by atoms with Gasteiger partial charge >= 0.3 is 0 Å². The molecule has 0 saturated carbocycles. The maximum Gasteiger partial charge on any atom is 0.0587 e. The number of nitrogens with one attached hydrogen (secondary N) is 1. The van der Waals surface area contributed by atoms with Crippen LogP contribution in [0.5, 0.6) is 0 Å². The molecule has 1 atom stereocenters. The van der Waals surface area contributed by atoms with E-state index in [1.54, 1.807) is 0 Å². The van der Waals surface area contributed by atoms with Crippen LogP contribution in [0.25, 0.3) is 0 Å². The van der Waals surface area contributed by atoms with Gasteiger partial charge in [-0.2, -0.15) is 0 Å². The number of aliphatic hydroxyl groups excluding tert-OH is 1. The van der Waals surface area contributed by atoms with E-state index in [0.29, 0.717) is 0 Å². The van der Waals surface area contributed by atoms with Gasteiger partial charge in [0.05, 0.1) is 6.61 Å². The SMILES string of the molecule is OCC(Cc1ccccc1)NCCc1ccncc1. The van der Waals surface area contributed by atoms with Crippen LogP contribution in [0.3, 0.4) is 0 Å². The molecule has 0 fully saturated rings. The van der Waals surface area contributed by atoms with Crippen molar-refractivity contribution in [2.45, 2.75) is 18.9 Å². The minimum Gasteiger partial charge on any atom is -0.395 e. The Morgan fingerprint density at radius 1 is 1.00 bits per heavy atom. The van der Waals surface area contributed by atoms with Crippen molar-refractivity contribution >= 4 is 0 Å². The third-order valence-electron chi connectivity index (χ3n) is 3.14. The Hall–Kier alpha value is -1.71. The van der Waals surface area contributed by atoms with Crippen LogP contribution in [0.4, 0.5) is 0 Å². The number of aromatic nitrogens is 1. The van der Waals surface area contributed by atoms with Gasteiger partial charge < -0.3 is 10.4 Å². The fourth-order valence-corrected chi connectivity index (χ4v) is 2.07. The Morgan fingerprint density at radius 3 is 2.42 bits per heavy atom. The summed E-state index contributed by atoms with van der Waals surface area (Å²) in [6.45, 7) is 1.02. The summed E-state index contributed by atoms with van der Waals surface area (Å²) in [6, 6.07) is 14.4. The zero-order chi connectivity index (χ0) is 13.3. The van der Waals surface area contributed by atoms with Crippen LogP contribution >= 0.6 is 0 Å². The monoisotopic (exact) mass is 256 g/mol. The van der Waals surface area contributed by atoms with E-state index < -0.39 is 0 Å². The van der Waals surface area contributed by atoms with E-state index in [1.165, 1.54) is 11.1 Å². The van der Waals surface area contributed by atoms with Crippen LogP contribution in [-0.4, -0.2) is 29.3 Å². The zero-order valence-corrected chi connectivity index (χ0v) is 11.0. The molecular weight excluding hydrogens is 236 g/mol. The van der Waals surface area contributed by atoms with Gasteiger partial charge in [0.2, 0.25) is 0 Å². The van der Waals surface area contributed by atoms with Crippen molar-refractivity contribution in [1.29, 1.82) is 0 Å². The first-order valence-electron chi connectivity index (χ1n) is 6.65. The summed E-state index contributed by atoms with van der Waals surface area (Å²) in [4.78, 5) is 4.00. The van der Waals surface area contributed by atoms with Gasteiger partial charge in [-0.15, -0.1) is 0 Å². The van der Waals surface area contributed by atoms with Crippen LogP contribution in [0.1, 0.15) is 11.1 Å². The predicted molar refractivity (Wildman–Crippen MR) is 77.0 cm³/mol. The molecule has 0 bridgehead atoms. The highest BCUT2D eigenvalue weighted by Gasteiger charge is 2.07. The van der Waals surface area contributed by atoms with Crippen molar-refractivity contribution in [1.82, 2.24) is 10.3 Å². The highest BCUT2D eigenvalue weighted by Crippen LogP contribution is 2.03. The third-order valence-corrected chi connectivity index (χ3v) is 3.14. The predicted octanol–water partition coefficient (Wildman–Crippen LogP) is 1.82. The topological polar surface area (TPSA) is 45.1 Å². The number of rotatable bonds is 7. The van der Waals surface area contributed by atoms with Crippen molar-refractivity contribution < 1.29 is 5.11 Å². The lowest BCUT2D eigenvalue weighted by atomic mass is 10.1. The smallest absolute Gasteiger partial charge is 0.0587 e. The van der Waals surface area contributed by atoms with Gasteiger partial charge in [0, 0.05) is 18.4 Å². The number of hydrogen-bond acceptors (Lipinski definition) is 3. The van der Waals surface area contributed by atoms with Gasteiger partial charge in [-0.25, -0.2) is 0 Å². The molecule has 19 heavy (non-hydrogen) atoms. The van der Waals surface area contributed by atoms with Gasteiger partial charge in [-0.1, -0.05) is 30.3 Å². The lowest BCUT2D eigenvalue weighted by Gasteiger charge is -2.16. The molecular formula is C16H20N2O. The van der Waals surface area contributed by atoms with Crippen LogP contribution in [0.15, 0.2) is 54.9 Å². The average Bonchev–Trinajstić information content (AvgIpc) is 2.48. The Morgan fingerprint density at radius 2 is 1.74 bits per heavy atom. The standard InChI is InChI=1S/C16H20N2O/c19-13-16(12-15-4-2-1-3-5-15)18-11-8-14-6-9-17-10-7-14/h1-7,9-10,16,18-19H,8,11-13H2. The van der Waals surface area contributed by atoms with E-state index in [9.17, 15) is 5.11 Å². The van der Waals surface area contributed by atoms with E-state index in [1.807, 2.05) is 42.7 Å². The van der Waals surface area contributed by atoms with Crippen LogP contribution in [0, 0.1) is 0 Å².